The summed E-state index contributed by atoms with van der Waals surface area (Å²) in [6.07, 6.45) is 11.8. The van der Waals surface area contributed by atoms with E-state index in [1.165, 1.54) is 24.8 Å². The fourth-order valence-corrected chi connectivity index (χ4v) is 3.61. The number of nitrogens with one attached hydrogen (secondary N) is 1. The van der Waals surface area contributed by atoms with Gasteiger partial charge >= 0.3 is 6.03 Å². The minimum absolute atomic E-state index is 0.110. The zero-order valence-corrected chi connectivity index (χ0v) is 15.0. The lowest BCUT2D eigenvalue weighted by atomic mass is 9.76. The fourth-order valence-electron chi connectivity index (χ4n) is 3.61. The van der Waals surface area contributed by atoms with Crippen molar-refractivity contribution in [2.45, 2.75) is 58.8 Å². The number of urea groups is 1. The Morgan fingerprint density at radius 2 is 2.09 bits per heavy atom. The summed E-state index contributed by atoms with van der Waals surface area (Å²) in [5.41, 5.74) is 1.68. The van der Waals surface area contributed by atoms with E-state index in [0.717, 1.165) is 45.3 Å². The van der Waals surface area contributed by atoms with Crippen molar-refractivity contribution < 1.29 is 4.79 Å². The highest BCUT2D eigenvalue weighted by molar-refractivity contribution is 5.74. The van der Waals surface area contributed by atoms with Crippen LogP contribution in [0.1, 0.15) is 57.9 Å². The molecule has 0 radical (unpaired) electrons. The Labute approximate surface area is 140 Å². The van der Waals surface area contributed by atoms with Crippen molar-refractivity contribution in [3.63, 3.8) is 0 Å². The maximum absolute atomic E-state index is 12.4. The Bertz CT molecular complexity index is 493. The second-order valence-electron chi connectivity index (χ2n) is 6.91. The van der Waals surface area contributed by atoms with Crippen molar-refractivity contribution in [3.05, 3.63) is 18.0 Å². The van der Waals surface area contributed by atoms with E-state index in [-0.39, 0.29) is 6.03 Å². The summed E-state index contributed by atoms with van der Waals surface area (Å²) in [6.45, 7) is 7.11. The third-order valence-electron chi connectivity index (χ3n) is 5.51. The Balaban J connectivity index is 1.71. The zero-order valence-electron chi connectivity index (χ0n) is 15.0. The molecule has 0 spiro atoms. The molecule has 130 valence electrons. The molecule has 1 fully saturated rings. The van der Waals surface area contributed by atoms with Crippen LogP contribution in [0.3, 0.4) is 0 Å². The molecule has 0 aromatic carbocycles. The number of aromatic nitrogens is 2. The smallest absolute Gasteiger partial charge is 0.317 e. The average molecular weight is 320 g/mol. The van der Waals surface area contributed by atoms with Crippen LogP contribution in [-0.2, 0) is 13.5 Å². The molecule has 0 bridgehead atoms. The Morgan fingerprint density at radius 3 is 2.74 bits per heavy atom. The van der Waals surface area contributed by atoms with E-state index in [4.69, 9.17) is 0 Å². The van der Waals surface area contributed by atoms with E-state index in [1.54, 1.807) is 0 Å². The van der Waals surface area contributed by atoms with Gasteiger partial charge in [0.25, 0.3) is 0 Å². The molecule has 0 saturated carbocycles. The lowest BCUT2D eigenvalue weighted by Gasteiger charge is -2.30. The number of hydrogen-bond donors (Lipinski definition) is 1. The van der Waals surface area contributed by atoms with E-state index in [2.05, 4.69) is 24.3 Å². The minimum Gasteiger partial charge on any atom is -0.338 e. The molecule has 1 N–H and O–H groups in total. The van der Waals surface area contributed by atoms with E-state index in [9.17, 15) is 4.79 Å². The molecule has 1 aliphatic rings. The molecule has 2 amide bonds. The number of aryl methyl sites for hydroxylation is 2. The van der Waals surface area contributed by atoms with Crippen molar-refractivity contribution in [1.29, 1.82) is 0 Å². The zero-order chi connectivity index (χ0) is 16.7. The van der Waals surface area contributed by atoms with Crippen molar-refractivity contribution in [2.75, 3.05) is 19.6 Å². The van der Waals surface area contributed by atoms with Gasteiger partial charge in [-0.25, -0.2) is 4.79 Å². The number of likely N-dealkylation sites (tertiary alicyclic amines) is 1. The molecule has 0 atom stereocenters. The van der Waals surface area contributed by atoms with E-state index in [0.29, 0.717) is 5.41 Å². The normalized spacial score (nSPS) is 17.8. The third-order valence-corrected chi connectivity index (χ3v) is 5.51. The van der Waals surface area contributed by atoms with Crippen molar-refractivity contribution in [3.8, 4) is 0 Å². The van der Waals surface area contributed by atoms with Gasteiger partial charge < -0.3 is 10.2 Å². The summed E-state index contributed by atoms with van der Waals surface area (Å²) in [6, 6.07) is 0.110. The van der Waals surface area contributed by atoms with Crippen LogP contribution in [-0.4, -0.2) is 40.3 Å². The molecular formula is C18H32N4O. The lowest BCUT2D eigenvalue weighted by Crippen LogP contribution is -2.41. The summed E-state index contributed by atoms with van der Waals surface area (Å²) < 4.78 is 1.82. The first-order chi connectivity index (χ1) is 11.1. The van der Waals surface area contributed by atoms with Gasteiger partial charge in [0.05, 0.1) is 6.20 Å². The lowest BCUT2D eigenvalue weighted by molar-refractivity contribution is 0.190. The second kappa shape index (κ2) is 8.37. The van der Waals surface area contributed by atoms with Crippen molar-refractivity contribution in [1.82, 2.24) is 20.0 Å². The van der Waals surface area contributed by atoms with Crippen molar-refractivity contribution in [2.24, 2.45) is 12.5 Å². The quantitative estimate of drug-likeness (QED) is 0.817. The molecule has 1 saturated heterocycles. The molecule has 0 unspecified atom stereocenters. The molecule has 0 aliphatic carbocycles. The highest BCUT2D eigenvalue weighted by Gasteiger charge is 2.30. The van der Waals surface area contributed by atoms with Gasteiger partial charge in [0.2, 0.25) is 0 Å². The predicted molar refractivity (Wildman–Crippen MR) is 93.4 cm³/mol. The van der Waals surface area contributed by atoms with Crippen LogP contribution in [0.2, 0.25) is 0 Å². The Kier molecular flexibility index (Phi) is 6.48. The minimum atomic E-state index is 0.110. The molecule has 1 aromatic heterocycles. The van der Waals surface area contributed by atoms with Crippen LogP contribution >= 0.6 is 0 Å². The molecule has 2 heterocycles. The van der Waals surface area contributed by atoms with Gasteiger partial charge in [-0.3, -0.25) is 4.68 Å². The summed E-state index contributed by atoms with van der Waals surface area (Å²) in [5, 5.41) is 7.25. The summed E-state index contributed by atoms with van der Waals surface area (Å²) >= 11 is 0. The van der Waals surface area contributed by atoms with Gasteiger partial charge in [0, 0.05) is 32.9 Å². The standard InChI is InChI=1S/C18H32N4O/c1-4-18(5-2)9-7-12-22(13-10-18)17(23)19-11-6-8-16-14-20-21(3)15-16/h14-15H,4-13H2,1-3H3,(H,19,23). The average Bonchev–Trinajstić information content (AvgIpc) is 2.85. The SMILES string of the molecule is CCC1(CC)CCCN(C(=O)NCCCc2cnn(C)c2)CC1. The molecule has 5 nitrogen and oxygen atoms in total. The van der Waals surface area contributed by atoms with Crippen LogP contribution in [0.5, 0.6) is 0 Å². The van der Waals surface area contributed by atoms with Crippen LogP contribution in [0.15, 0.2) is 12.4 Å². The highest BCUT2D eigenvalue weighted by Crippen LogP contribution is 2.37. The van der Waals surface area contributed by atoms with Crippen molar-refractivity contribution >= 4 is 6.03 Å². The summed E-state index contributed by atoms with van der Waals surface area (Å²) in [5.74, 6) is 0. The third kappa shape index (κ3) is 4.98. The van der Waals surface area contributed by atoms with Crippen LogP contribution < -0.4 is 5.32 Å². The molecular weight excluding hydrogens is 288 g/mol. The molecule has 1 aliphatic heterocycles. The number of hydrogen-bond acceptors (Lipinski definition) is 2. The van der Waals surface area contributed by atoms with E-state index >= 15 is 0 Å². The van der Waals surface area contributed by atoms with Crippen LogP contribution in [0.4, 0.5) is 4.79 Å². The highest BCUT2D eigenvalue weighted by atomic mass is 16.2. The maximum Gasteiger partial charge on any atom is 0.317 e. The predicted octanol–water partition coefficient (Wildman–Crippen LogP) is 3.35. The van der Waals surface area contributed by atoms with Gasteiger partial charge in [-0.15, -0.1) is 0 Å². The van der Waals surface area contributed by atoms with E-state index < -0.39 is 0 Å². The summed E-state index contributed by atoms with van der Waals surface area (Å²) in [7, 11) is 1.93. The first-order valence-corrected chi connectivity index (χ1v) is 9.09. The van der Waals surface area contributed by atoms with Crippen LogP contribution in [0.25, 0.3) is 0 Å². The van der Waals surface area contributed by atoms with Gasteiger partial charge in [0.1, 0.15) is 0 Å². The number of nitrogens with zero attached hydrogens (tertiary/aromatic N) is 3. The maximum atomic E-state index is 12.4. The second-order valence-corrected chi connectivity index (χ2v) is 6.91. The summed E-state index contributed by atoms with van der Waals surface area (Å²) in [4.78, 5) is 14.4. The molecule has 2 rings (SSSR count). The van der Waals surface area contributed by atoms with Gasteiger partial charge in [-0.1, -0.05) is 26.7 Å². The number of carbonyl (C=O) groups excluding carboxylic acids is 1. The van der Waals surface area contributed by atoms with Crippen LogP contribution in [0, 0.1) is 5.41 Å². The molecule has 5 heteroatoms. The topological polar surface area (TPSA) is 50.2 Å². The largest absolute Gasteiger partial charge is 0.338 e. The fraction of sp³-hybridized carbons (Fsp3) is 0.778. The first kappa shape index (κ1) is 17.8. The number of rotatable bonds is 6. The molecule has 1 aromatic rings. The van der Waals surface area contributed by atoms with Gasteiger partial charge in [-0.05, 0) is 43.1 Å². The first-order valence-electron chi connectivity index (χ1n) is 9.09. The Hall–Kier alpha value is -1.52. The van der Waals surface area contributed by atoms with Gasteiger partial charge in [-0.2, -0.15) is 5.10 Å². The van der Waals surface area contributed by atoms with Gasteiger partial charge in [0.15, 0.2) is 0 Å². The number of amides is 2. The molecule has 23 heavy (non-hydrogen) atoms. The number of carbonyl (C=O) groups is 1. The monoisotopic (exact) mass is 320 g/mol. The Morgan fingerprint density at radius 1 is 1.30 bits per heavy atom. The van der Waals surface area contributed by atoms with E-state index in [1.807, 2.05) is 29.0 Å².